The summed E-state index contributed by atoms with van der Waals surface area (Å²) < 4.78 is 0. The Balaban J connectivity index is 1.97. The van der Waals surface area contributed by atoms with E-state index < -0.39 is 0 Å². The summed E-state index contributed by atoms with van der Waals surface area (Å²) in [5.41, 5.74) is 8.40. The number of anilines is 2. The monoisotopic (exact) mass is 219 g/mol. The Labute approximate surface area is 97.5 Å². The van der Waals surface area contributed by atoms with Crippen LogP contribution >= 0.6 is 0 Å². The fourth-order valence-electron chi connectivity index (χ4n) is 2.20. The summed E-state index contributed by atoms with van der Waals surface area (Å²) in [4.78, 5) is 4.29. The molecule has 1 heterocycles. The molecule has 3 nitrogen and oxygen atoms in total. The van der Waals surface area contributed by atoms with Crippen LogP contribution in [0.1, 0.15) is 38.2 Å². The second-order valence-corrected chi connectivity index (χ2v) is 4.99. The number of pyridine rings is 1. The summed E-state index contributed by atoms with van der Waals surface area (Å²) in [6.45, 7) is 5.28. The van der Waals surface area contributed by atoms with Crippen molar-refractivity contribution < 1.29 is 0 Å². The molecule has 1 aromatic heterocycles. The first-order chi connectivity index (χ1) is 7.67. The molecule has 0 aliphatic heterocycles. The molecular weight excluding hydrogens is 198 g/mol. The van der Waals surface area contributed by atoms with Gasteiger partial charge in [-0.05, 0) is 43.2 Å². The smallest absolute Gasteiger partial charge is 0.149 e. The minimum atomic E-state index is 0.534. The highest BCUT2D eigenvalue weighted by Gasteiger charge is 2.41. The maximum Gasteiger partial charge on any atom is 0.149 e. The van der Waals surface area contributed by atoms with Crippen molar-refractivity contribution in [1.82, 2.24) is 4.98 Å². The van der Waals surface area contributed by atoms with Crippen molar-refractivity contribution >= 4 is 11.5 Å². The Morgan fingerprint density at radius 1 is 1.50 bits per heavy atom. The number of aryl methyl sites for hydroxylation is 1. The van der Waals surface area contributed by atoms with E-state index in [1.165, 1.54) is 25.7 Å². The maximum absolute atomic E-state index is 5.98. The molecule has 1 aliphatic rings. The predicted molar refractivity (Wildman–Crippen MR) is 68.5 cm³/mol. The van der Waals surface area contributed by atoms with Crippen molar-refractivity contribution in [2.24, 2.45) is 5.41 Å². The van der Waals surface area contributed by atoms with Crippen molar-refractivity contribution in [1.29, 1.82) is 0 Å². The van der Waals surface area contributed by atoms with Gasteiger partial charge in [0.05, 0.1) is 5.69 Å². The van der Waals surface area contributed by atoms with Crippen molar-refractivity contribution in [2.75, 3.05) is 17.6 Å². The highest BCUT2D eigenvalue weighted by Crippen LogP contribution is 2.49. The fraction of sp³-hybridized carbons (Fsp3) is 0.615. The van der Waals surface area contributed by atoms with Crippen molar-refractivity contribution in [2.45, 2.75) is 39.5 Å². The van der Waals surface area contributed by atoms with Crippen LogP contribution in [0.25, 0.3) is 0 Å². The second kappa shape index (κ2) is 4.32. The zero-order valence-electron chi connectivity index (χ0n) is 10.2. The molecule has 0 spiro atoms. The zero-order chi connectivity index (χ0) is 11.6. The first-order valence-electron chi connectivity index (χ1n) is 6.12. The standard InChI is InChI=1S/C13H21N3/c1-3-5-13(6-7-13)9-16-12-11(14)10(2)4-8-15-12/h4,8H,3,5-7,9,14H2,1-2H3,(H,15,16). The normalized spacial score (nSPS) is 17.1. The second-order valence-electron chi connectivity index (χ2n) is 4.99. The number of rotatable bonds is 5. The van der Waals surface area contributed by atoms with Gasteiger partial charge >= 0.3 is 0 Å². The summed E-state index contributed by atoms with van der Waals surface area (Å²) in [6.07, 6.45) is 7.08. The van der Waals surface area contributed by atoms with Gasteiger partial charge in [-0.15, -0.1) is 0 Å². The number of nitrogens with zero attached hydrogens (tertiary/aromatic N) is 1. The summed E-state index contributed by atoms with van der Waals surface area (Å²) in [6, 6.07) is 1.94. The minimum Gasteiger partial charge on any atom is -0.396 e. The van der Waals surface area contributed by atoms with E-state index in [4.69, 9.17) is 5.73 Å². The van der Waals surface area contributed by atoms with Gasteiger partial charge in [0.2, 0.25) is 0 Å². The predicted octanol–water partition coefficient (Wildman–Crippen LogP) is 2.96. The molecule has 1 saturated carbocycles. The van der Waals surface area contributed by atoms with Gasteiger partial charge in [-0.1, -0.05) is 13.3 Å². The van der Waals surface area contributed by atoms with E-state index in [2.05, 4.69) is 17.2 Å². The third-order valence-corrected chi connectivity index (χ3v) is 3.58. The first kappa shape index (κ1) is 11.2. The number of hydrogen-bond acceptors (Lipinski definition) is 3. The Bertz CT molecular complexity index is 369. The zero-order valence-corrected chi connectivity index (χ0v) is 10.2. The van der Waals surface area contributed by atoms with Gasteiger partial charge in [-0.2, -0.15) is 0 Å². The van der Waals surface area contributed by atoms with Crippen LogP contribution in [-0.2, 0) is 0 Å². The summed E-state index contributed by atoms with van der Waals surface area (Å²) in [7, 11) is 0. The lowest BCUT2D eigenvalue weighted by atomic mass is 10.0. The number of nitrogen functional groups attached to an aromatic ring is 1. The van der Waals surface area contributed by atoms with Crippen LogP contribution in [-0.4, -0.2) is 11.5 Å². The third kappa shape index (κ3) is 2.29. The average Bonchev–Trinajstić information content (AvgIpc) is 3.02. The number of nitrogens with one attached hydrogen (secondary N) is 1. The molecule has 88 valence electrons. The van der Waals surface area contributed by atoms with Crippen LogP contribution in [0, 0.1) is 12.3 Å². The van der Waals surface area contributed by atoms with Crippen LogP contribution in [0.5, 0.6) is 0 Å². The van der Waals surface area contributed by atoms with E-state index in [1.807, 2.05) is 19.2 Å². The van der Waals surface area contributed by atoms with Gasteiger partial charge in [0.15, 0.2) is 0 Å². The Hall–Kier alpha value is -1.25. The third-order valence-electron chi connectivity index (χ3n) is 3.58. The number of hydrogen-bond donors (Lipinski definition) is 2. The molecule has 3 N–H and O–H groups in total. The quantitative estimate of drug-likeness (QED) is 0.800. The molecule has 16 heavy (non-hydrogen) atoms. The molecule has 0 bridgehead atoms. The molecule has 1 aliphatic carbocycles. The molecule has 1 aromatic rings. The Morgan fingerprint density at radius 3 is 2.88 bits per heavy atom. The molecule has 0 saturated heterocycles. The van der Waals surface area contributed by atoms with Crippen LogP contribution in [0.15, 0.2) is 12.3 Å². The van der Waals surface area contributed by atoms with Crippen LogP contribution < -0.4 is 11.1 Å². The molecule has 0 amide bonds. The van der Waals surface area contributed by atoms with E-state index in [1.54, 1.807) is 0 Å². The van der Waals surface area contributed by atoms with Gasteiger partial charge in [0, 0.05) is 12.7 Å². The van der Waals surface area contributed by atoms with Crippen LogP contribution in [0.4, 0.5) is 11.5 Å². The lowest BCUT2D eigenvalue weighted by molar-refractivity contribution is 0.485. The van der Waals surface area contributed by atoms with E-state index in [0.717, 1.165) is 23.6 Å². The summed E-state index contributed by atoms with van der Waals surface area (Å²) >= 11 is 0. The van der Waals surface area contributed by atoms with Gasteiger partial charge in [-0.3, -0.25) is 0 Å². The SMILES string of the molecule is CCCC1(CNc2nccc(C)c2N)CC1. The van der Waals surface area contributed by atoms with E-state index in [9.17, 15) is 0 Å². The first-order valence-corrected chi connectivity index (χ1v) is 6.12. The summed E-state index contributed by atoms with van der Waals surface area (Å²) in [5.74, 6) is 0.849. The van der Waals surface area contributed by atoms with Crippen LogP contribution in [0.3, 0.4) is 0 Å². The van der Waals surface area contributed by atoms with Gasteiger partial charge in [-0.25, -0.2) is 4.98 Å². The topological polar surface area (TPSA) is 50.9 Å². The molecule has 0 aromatic carbocycles. The van der Waals surface area contributed by atoms with E-state index >= 15 is 0 Å². The van der Waals surface area contributed by atoms with Crippen LogP contribution in [0.2, 0.25) is 0 Å². The number of aromatic nitrogens is 1. The summed E-state index contributed by atoms with van der Waals surface area (Å²) in [5, 5.41) is 3.41. The lowest BCUT2D eigenvalue weighted by Crippen LogP contribution is -2.17. The highest BCUT2D eigenvalue weighted by molar-refractivity contribution is 5.64. The molecule has 3 heteroatoms. The molecule has 1 fully saturated rings. The molecule has 0 atom stereocenters. The highest BCUT2D eigenvalue weighted by atomic mass is 15.0. The average molecular weight is 219 g/mol. The largest absolute Gasteiger partial charge is 0.396 e. The van der Waals surface area contributed by atoms with Gasteiger partial charge < -0.3 is 11.1 Å². The van der Waals surface area contributed by atoms with Crippen molar-refractivity contribution in [3.8, 4) is 0 Å². The lowest BCUT2D eigenvalue weighted by Gasteiger charge is -2.16. The Kier molecular flexibility index (Phi) is 3.03. The van der Waals surface area contributed by atoms with E-state index in [0.29, 0.717) is 5.41 Å². The molecule has 2 rings (SSSR count). The molecule has 0 radical (unpaired) electrons. The van der Waals surface area contributed by atoms with Crippen molar-refractivity contribution in [3.63, 3.8) is 0 Å². The fourth-order valence-corrected chi connectivity index (χ4v) is 2.20. The van der Waals surface area contributed by atoms with Gasteiger partial charge in [0.1, 0.15) is 5.82 Å². The Morgan fingerprint density at radius 2 is 2.25 bits per heavy atom. The molecule has 0 unspecified atom stereocenters. The van der Waals surface area contributed by atoms with E-state index in [-0.39, 0.29) is 0 Å². The maximum atomic E-state index is 5.98. The molecular formula is C13H21N3. The number of nitrogens with two attached hydrogens (primary N) is 1. The van der Waals surface area contributed by atoms with Crippen molar-refractivity contribution in [3.05, 3.63) is 17.8 Å². The minimum absolute atomic E-state index is 0.534. The van der Waals surface area contributed by atoms with Gasteiger partial charge in [0.25, 0.3) is 0 Å².